The Morgan fingerprint density at radius 3 is 2.46 bits per heavy atom. The molecule has 1 heterocycles. The van der Waals surface area contributed by atoms with Crippen LogP contribution in [0, 0.1) is 0 Å². The number of benzene rings is 2. The van der Waals surface area contributed by atoms with Gasteiger partial charge in [-0.1, -0.05) is 25.5 Å². The summed E-state index contributed by atoms with van der Waals surface area (Å²) >= 11 is 0. The van der Waals surface area contributed by atoms with E-state index >= 15 is 0 Å². The van der Waals surface area contributed by atoms with E-state index in [9.17, 15) is 9.90 Å². The smallest absolute Gasteiger partial charge is 0.198 e. The van der Waals surface area contributed by atoms with Gasteiger partial charge in [0.15, 0.2) is 11.7 Å². The number of nitrogens with one attached hydrogen (secondary N) is 1. The van der Waals surface area contributed by atoms with Crippen molar-refractivity contribution in [2.75, 3.05) is 14.1 Å². The van der Waals surface area contributed by atoms with Crippen LogP contribution in [-0.4, -0.2) is 40.6 Å². The fourth-order valence-electron chi connectivity index (χ4n) is 3.36. The maximum atomic E-state index is 11.8. The lowest BCUT2D eigenvalue weighted by atomic mass is 10.0. The van der Waals surface area contributed by atoms with Crippen LogP contribution in [0.2, 0.25) is 0 Å². The van der Waals surface area contributed by atoms with Crippen LogP contribution in [0.5, 0.6) is 5.88 Å². The second-order valence-corrected chi connectivity index (χ2v) is 7.38. The van der Waals surface area contributed by atoms with Gasteiger partial charge in [0.1, 0.15) is 0 Å². The van der Waals surface area contributed by atoms with E-state index in [0.29, 0.717) is 11.1 Å². The van der Waals surface area contributed by atoms with Crippen LogP contribution < -0.4 is 0 Å². The van der Waals surface area contributed by atoms with Crippen molar-refractivity contribution in [3.05, 3.63) is 59.2 Å². The number of ketones is 1. The summed E-state index contributed by atoms with van der Waals surface area (Å²) in [6, 6.07) is 13.6. The van der Waals surface area contributed by atoms with Gasteiger partial charge in [-0.2, -0.15) is 0 Å². The van der Waals surface area contributed by atoms with Gasteiger partial charge in [-0.15, -0.1) is 0 Å². The van der Waals surface area contributed by atoms with Crippen LogP contribution in [0.15, 0.2) is 47.5 Å². The van der Waals surface area contributed by atoms with Gasteiger partial charge in [-0.25, -0.2) is 0 Å². The molecule has 0 aliphatic rings. The molecule has 0 bridgehead atoms. The lowest BCUT2D eigenvalue weighted by molar-refractivity contribution is 0.101. The zero-order chi connectivity index (χ0) is 20.3. The number of hydrogen-bond donors (Lipinski definition) is 2. The first kappa shape index (κ1) is 19.8. The largest absolute Gasteiger partial charge is 0.494 e. The Hall–Kier alpha value is -2.92. The number of nitrogens with zero attached hydrogens (tertiary/aromatic N) is 2. The Morgan fingerprint density at radius 2 is 1.86 bits per heavy atom. The molecule has 3 rings (SSSR count). The quantitative estimate of drug-likeness (QED) is 0.447. The highest BCUT2D eigenvalue weighted by atomic mass is 16.3. The molecule has 0 fully saturated rings. The predicted molar refractivity (Wildman–Crippen MR) is 115 cm³/mol. The fraction of sp³-hybridized carbons (Fsp3) is 0.304. The van der Waals surface area contributed by atoms with E-state index in [1.54, 1.807) is 13.0 Å². The molecule has 2 aromatic carbocycles. The van der Waals surface area contributed by atoms with Gasteiger partial charge < -0.3 is 15.0 Å². The van der Waals surface area contributed by atoms with Crippen molar-refractivity contribution in [3.63, 3.8) is 0 Å². The van der Waals surface area contributed by atoms with Gasteiger partial charge in [0.05, 0.1) is 17.0 Å². The Morgan fingerprint density at radius 1 is 1.14 bits per heavy atom. The molecule has 0 unspecified atom stereocenters. The molecule has 0 amide bonds. The predicted octanol–water partition coefficient (Wildman–Crippen LogP) is 5.06. The number of carbonyl (C=O) groups excluding carboxylic acids is 1. The summed E-state index contributed by atoms with van der Waals surface area (Å²) in [6.07, 6.45) is 1.63. The number of aromatic hydroxyl groups is 1. The number of Topliss-reactive ketones (excluding diaryl/α,β-unsaturated/α-hetero) is 1. The SMILES string of the molecule is CCCC(=Nc1ccc(CN(C)C)cc1)c1c(O)[nH]c2ccc(C(C)=O)cc12. The van der Waals surface area contributed by atoms with Gasteiger partial charge in [0.2, 0.25) is 0 Å². The van der Waals surface area contributed by atoms with Crippen molar-refractivity contribution in [1.82, 2.24) is 9.88 Å². The van der Waals surface area contributed by atoms with Crippen LogP contribution in [0.4, 0.5) is 5.69 Å². The van der Waals surface area contributed by atoms with Crippen LogP contribution in [0.1, 0.15) is 48.2 Å². The van der Waals surface area contributed by atoms with Crippen molar-refractivity contribution in [2.24, 2.45) is 4.99 Å². The first-order chi connectivity index (χ1) is 13.4. The third kappa shape index (κ3) is 4.31. The van der Waals surface area contributed by atoms with Crippen LogP contribution in [0.3, 0.4) is 0 Å². The number of aliphatic imine (C=N–C) groups is 1. The van der Waals surface area contributed by atoms with Gasteiger partial charge in [0.25, 0.3) is 0 Å². The molecule has 0 saturated heterocycles. The van der Waals surface area contributed by atoms with Gasteiger partial charge in [0, 0.05) is 23.0 Å². The topological polar surface area (TPSA) is 68.7 Å². The summed E-state index contributed by atoms with van der Waals surface area (Å²) in [6.45, 7) is 4.51. The van der Waals surface area contributed by atoms with Crippen LogP contribution >= 0.6 is 0 Å². The van der Waals surface area contributed by atoms with Gasteiger partial charge >= 0.3 is 0 Å². The van der Waals surface area contributed by atoms with Crippen LogP contribution in [-0.2, 0) is 6.54 Å². The highest BCUT2D eigenvalue weighted by Gasteiger charge is 2.17. The molecule has 0 aliphatic heterocycles. The maximum absolute atomic E-state index is 11.8. The van der Waals surface area contributed by atoms with Crippen molar-refractivity contribution in [1.29, 1.82) is 0 Å². The van der Waals surface area contributed by atoms with Crippen molar-refractivity contribution >= 4 is 28.1 Å². The number of aromatic amines is 1. The summed E-state index contributed by atoms with van der Waals surface area (Å²) < 4.78 is 0. The first-order valence-corrected chi connectivity index (χ1v) is 9.56. The number of fused-ring (bicyclic) bond motifs is 1. The molecule has 0 saturated carbocycles. The third-order valence-electron chi connectivity index (χ3n) is 4.66. The van der Waals surface area contributed by atoms with Crippen molar-refractivity contribution in [2.45, 2.75) is 33.2 Å². The minimum Gasteiger partial charge on any atom is -0.494 e. The zero-order valence-corrected chi connectivity index (χ0v) is 16.9. The van der Waals surface area contributed by atoms with Crippen molar-refractivity contribution in [3.8, 4) is 5.88 Å². The molecule has 0 radical (unpaired) electrons. The van der Waals surface area contributed by atoms with Crippen LogP contribution in [0.25, 0.3) is 10.9 Å². The molecule has 146 valence electrons. The van der Waals surface area contributed by atoms with E-state index in [0.717, 1.165) is 41.7 Å². The molecule has 28 heavy (non-hydrogen) atoms. The lowest BCUT2D eigenvalue weighted by Crippen LogP contribution is -2.10. The highest BCUT2D eigenvalue weighted by molar-refractivity contribution is 6.14. The van der Waals surface area contributed by atoms with E-state index in [1.165, 1.54) is 5.56 Å². The maximum Gasteiger partial charge on any atom is 0.198 e. The summed E-state index contributed by atoms with van der Waals surface area (Å²) in [7, 11) is 4.08. The minimum atomic E-state index is -0.000925. The monoisotopic (exact) mass is 377 g/mol. The highest BCUT2D eigenvalue weighted by Crippen LogP contribution is 2.31. The fourth-order valence-corrected chi connectivity index (χ4v) is 3.36. The Balaban J connectivity index is 2.06. The normalized spacial score (nSPS) is 12.1. The molecule has 2 N–H and O–H groups in total. The molecular weight excluding hydrogens is 350 g/mol. The Kier molecular flexibility index (Phi) is 5.95. The second kappa shape index (κ2) is 8.40. The number of hydrogen-bond acceptors (Lipinski definition) is 4. The summed E-state index contributed by atoms with van der Waals surface area (Å²) in [4.78, 5) is 21.8. The average molecular weight is 377 g/mol. The second-order valence-electron chi connectivity index (χ2n) is 7.38. The van der Waals surface area contributed by atoms with Gasteiger partial charge in [-0.3, -0.25) is 9.79 Å². The van der Waals surface area contributed by atoms with Crippen molar-refractivity contribution < 1.29 is 9.90 Å². The number of aromatic nitrogens is 1. The van der Waals surface area contributed by atoms with E-state index in [1.807, 2.05) is 38.4 Å². The number of rotatable bonds is 7. The Labute approximate surface area is 165 Å². The van der Waals surface area contributed by atoms with E-state index in [2.05, 4.69) is 28.9 Å². The summed E-state index contributed by atoms with van der Waals surface area (Å²) in [5.41, 5.74) is 4.98. The van der Waals surface area contributed by atoms with Gasteiger partial charge in [-0.05, 0) is 63.3 Å². The van der Waals surface area contributed by atoms with E-state index in [-0.39, 0.29) is 11.7 Å². The molecule has 0 aliphatic carbocycles. The molecular formula is C23H27N3O2. The first-order valence-electron chi connectivity index (χ1n) is 9.56. The molecule has 1 aromatic heterocycles. The minimum absolute atomic E-state index is 0.000925. The number of carbonyl (C=O) groups is 1. The molecule has 0 atom stereocenters. The zero-order valence-electron chi connectivity index (χ0n) is 16.9. The average Bonchev–Trinajstić information content (AvgIpc) is 2.97. The lowest BCUT2D eigenvalue weighted by Gasteiger charge is -2.10. The third-order valence-corrected chi connectivity index (χ3v) is 4.66. The molecule has 3 aromatic rings. The molecule has 0 spiro atoms. The molecule has 5 heteroatoms. The van der Waals surface area contributed by atoms with E-state index in [4.69, 9.17) is 4.99 Å². The summed E-state index contributed by atoms with van der Waals surface area (Å²) in [5.74, 6) is 0.0890. The van der Waals surface area contributed by atoms with E-state index < -0.39 is 0 Å². The Bertz CT molecular complexity index is 1010. The number of H-pyrrole nitrogens is 1. The standard InChI is InChI=1S/C23H27N3O2/c1-5-6-21(24-18-10-7-16(8-11-18)14-26(3)4)22-19-13-17(15(2)27)9-12-20(19)25-23(22)28/h7-13,25,28H,5-6,14H2,1-4H3. The summed E-state index contributed by atoms with van der Waals surface area (Å²) in [5, 5.41) is 11.4. The molecule has 5 nitrogen and oxygen atoms in total.